The maximum absolute atomic E-state index is 12.6. The average Bonchev–Trinajstić information content (AvgIpc) is 2.34. The van der Waals surface area contributed by atoms with Crippen LogP contribution in [0.4, 0.5) is 9.18 Å². The van der Waals surface area contributed by atoms with Crippen molar-refractivity contribution in [1.29, 1.82) is 5.26 Å². The van der Waals surface area contributed by atoms with E-state index >= 15 is 0 Å². The molecule has 0 bridgehead atoms. The van der Waals surface area contributed by atoms with Crippen LogP contribution in [0.2, 0.25) is 0 Å². The molecule has 1 rings (SSSR count). The lowest BCUT2D eigenvalue weighted by molar-refractivity contribution is 0.0571. The number of ether oxygens (including phenoxy) is 1. The molecule has 0 aliphatic carbocycles. The third-order valence-corrected chi connectivity index (χ3v) is 3.38. The van der Waals surface area contributed by atoms with Crippen molar-refractivity contribution in [3.63, 3.8) is 0 Å². The minimum absolute atomic E-state index is 0.158. The second-order valence-electron chi connectivity index (χ2n) is 5.24. The fourth-order valence-corrected chi connectivity index (χ4v) is 2.35. The van der Waals surface area contributed by atoms with Crippen molar-refractivity contribution in [3.05, 3.63) is 0 Å². The summed E-state index contributed by atoms with van der Waals surface area (Å²) in [6.07, 6.45) is -0.869. The first kappa shape index (κ1) is 14.7. The Morgan fingerprint density at radius 1 is 1.56 bits per heavy atom. The van der Waals surface area contributed by atoms with E-state index in [0.29, 0.717) is 24.9 Å². The number of piperidine rings is 1. The molecule has 18 heavy (non-hydrogen) atoms. The molecule has 3 unspecified atom stereocenters. The lowest BCUT2D eigenvalue weighted by atomic mass is 9.79. The molecule has 3 atom stereocenters. The van der Waals surface area contributed by atoms with Crippen LogP contribution in [0, 0.1) is 29.1 Å². The van der Waals surface area contributed by atoms with Gasteiger partial charge in [0, 0.05) is 13.1 Å². The summed E-state index contributed by atoms with van der Waals surface area (Å²) < 4.78 is 17.4. The van der Waals surface area contributed by atoms with Crippen LogP contribution in [0.15, 0.2) is 0 Å². The van der Waals surface area contributed by atoms with Crippen LogP contribution >= 0.6 is 0 Å². The number of likely N-dealkylation sites (tertiary alicyclic amines) is 1. The van der Waals surface area contributed by atoms with Crippen LogP contribution < -0.4 is 0 Å². The molecule has 1 aliphatic heterocycles. The van der Waals surface area contributed by atoms with E-state index in [0.717, 1.165) is 6.42 Å². The SMILES string of the molecule is CC(F)COC(=O)N1CCC(C(C)C)C(C#N)C1. The lowest BCUT2D eigenvalue weighted by Crippen LogP contribution is -2.45. The van der Waals surface area contributed by atoms with Crippen LogP contribution in [0.25, 0.3) is 0 Å². The summed E-state index contributed by atoms with van der Waals surface area (Å²) in [6.45, 7) is 6.28. The third kappa shape index (κ3) is 3.86. The molecule has 1 aliphatic rings. The molecule has 1 amide bonds. The molecule has 1 heterocycles. The van der Waals surface area contributed by atoms with E-state index in [4.69, 9.17) is 10.00 Å². The van der Waals surface area contributed by atoms with Crippen LogP contribution in [0.5, 0.6) is 0 Å². The Morgan fingerprint density at radius 3 is 2.72 bits per heavy atom. The molecule has 0 radical (unpaired) electrons. The number of carbonyl (C=O) groups excluding carboxylic acids is 1. The van der Waals surface area contributed by atoms with Crippen LogP contribution in [0.3, 0.4) is 0 Å². The van der Waals surface area contributed by atoms with Gasteiger partial charge in [-0.3, -0.25) is 0 Å². The molecule has 1 fully saturated rings. The second-order valence-corrected chi connectivity index (χ2v) is 5.24. The Hall–Kier alpha value is -1.31. The number of hydrogen-bond acceptors (Lipinski definition) is 3. The van der Waals surface area contributed by atoms with Crippen LogP contribution in [-0.2, 0) is 4.74 Å². The number of nitriles is 1. The highest BCUT2D eigenvalue weighted by molar-refractivity contribution is 5.67. The van der Waals surface area contributed by atoms with Crippen molar-refractivity contribution < 1.29 is 13.9 Å². The normalized spacial score (nSPS) is 25.7. The van der Waals surface area contributed by atoms with E-state index in [-0.39, 0.29) is 12.5 Å². The summed E-state index contributed by atoms with van der Waals surface area (Å²) in [6, 6.07) is 2.26. The molecule has 0 aromatic carbocycles. The zero-order valence-electron chi connectivity index (χ0n) is 11.2. The number of carbonyl (C=O) groups is 1. The number of nitrogens with zero attached hydrogens (tertiary/aromatic N) is 2. The van der Waals surface area contributed by atoms with Gasteiger partial charge in [0.25, 0.3) is 0 Å². The fraction of sp³-hybridized carbons (Fsp3) is 0.846. The average molecular weight is 256 g/mol. The number of halogens is 1. The van der Waals surface area contributed by atoms with Crippen LogP contribution in [-0.4, -0.2) is 36.9 Å². The molecule has 4 nitrogen and oxygen atoms in total. The number of alkyl halides is 1. The number of rotatable bonds is 3. The quantitative estimate of drug-likeness (QED) is 0.780. The predicted molar refractivity (Wildman–Crippen MR) is 65.5 cm³/mol. The largest absolute Gasteiger partial charge is 0.446 e. The first-order valence-corrected chi connectivity index (χ1v) is 6.41. The van der Waals surface area contributed by atoms with Crippen molar-refractivity contribution in [2.24, 2.45) is 17.8 Å². The van der Waals surface area contributed by atoms with Gasteiger partial charge in [0.2, 0.25) is 0 Å². The summed E-state index contributed by atoms with van der Waals surface area (Å²) in [7, 11) is 0. The number of hydrogen-bond donors (Lipinski definition) is 0. The molecule has 0 aromatic heterocycles. The standard InChI is InChI=1S/C13H21FN2O2/c1-9(2)12-4-5-16(7-11(12)6-15)13(17)18-8-10(3)14/h9-12H,4-5,7-8H2,1-3H3. The van der Waals surface area contributed by atoms with Crippen molar-refractivity contribution in [3.8, 4) is 6.07 Å². The first-order valence-electron chi connectivity index (χ1n) is 6.41. The molecule has 0 aromatic rings. The Bertz CT molecular complexity index is 325. The Kier molecular flexibility index (Phi) is 5.39. The molecule has 0 spiro atoms. The molecule has 5 heteroatoms. The van der Waals surface area contributed by atoms with E-state index < -0.39 is 12.3 Å². The van der Waals surface area contributed by atoms with E-state index in [1.165, 1.54) is 11.8 Å². The van der Waals surface area contributed by atoms with E-state index in [1.54, 1.807) is 0 Å². The van der Waals surface area contributed by atoms with Gasteiger partial charge in [-0.2, -0.15) is 5.26 Å². The summed E-state index contributed by atoms with van der Waals surface area (Å²) in [5, 5.41) is 9.14. The van der Waals surface area contributed by atoms with Gasteiger partial charge in [-0.25, -0.2) is 9.18 Å². The van der Waals surface area contributed by atoms with Gasteiger partial charge in [0.1, 0.15) is 12.8 Å². The minimum Gasteiger partial charge on any atom is -0.446 e. The van der Waals surface area contributed by atoms with Gasteiger partial charge in [0.15, 0.2) is 0 Å². The Morgan fingerprint density at radius 2 is 2.22 bits per heavy atom. The smallest absolute Gasteiger partial charge is 0.409 e. The maximum atomic E-state index is 12.6. The number of amides is 1. The van der Waals surface area contributed by atoms with Gasteiger partial charge in [-0.05, 0) is 25.2 Å². The van der Waals surface area contributed by atoms with E-state index in [1.807, 2.05) is 0 Å². The Balaban J connectivity index is 2.52. The van der Waals surface area contributed by atoms with Gasteiger partial charge in [-0.1, -0.05) is 13.8 Å². The zero-order valence-corrected chi connectivity index (χ0v) is 11.2. The van der Waals surface area contributed by atoms with Crippen LogP contribution in [0.1, 0.15) is 27.2 Å². The molecular weight excluding hydrogens is 235 g/mol. The minimum atomic E-state index is -1.16. The molecule has 0 saturated carbocycles. The topological polar surface area (TPSA) is 53.3 Å². The van der Waals surface area contributed by atoms with Crippen molar-refractivity contribution >= 4 is 6.09 Å². The predicted octanol–water partition coefficient (Wildman–Crippen LogP) is 2.60. The van der Waals surface area contributed by atoms with E-state index in [9.17, 15) is 9.18 Å². The van der Waals surface area contributed by atoms with Crippen molar-refractivity contribution in [1.82, 2.24) is 4.90 Å². The highest BCUT2D eigenvalue weighted by Gasteiger charge is 2.33. The van der Waals surface area contributed by atoms with Crippen molar-refractivity contribution in [2.45, 2.75) is 33.4 Å². The fourth-order valence-electron chi connectivity index (χ4n) is 2.35. The Labute approximate surface area is 108 Å². The first-order chi connectivity index (χ1) is 8.45. The highest BCUT2D eigenvalue weighted by atomic mass is 19.1. The van der Waals surface area contributed by atoms with Gasteiger partial charge in [-0.15, -0.1) is 0 Å². The van der Waals surface area contributed by atoms with Crippen molar-refractivity contribution in [2.75, 3.05) is 19.7 Å². The second kappa shape index (κ2) is 6.58. The molecular formula is C13H21FN2O2. The van der Waals surface area contributed by atoms with Gasteiger partial charge < -0.3 is 9.64 Å². The highest BCUT2D eigenvalue weighted by Crippen LogP contribution is 2.29. The summed E-state index contributed by atoms with van der Waals surface area (Å²) in [4.78, 5) is 13.2. The summed E-state index contributed by atoms with van der Waals surface area (Å²) >= 11 is 0. The third-order valence-electron chi connectivity index (χ3n) is 3.38. The maximum Gasteiger partial charge on any atom is 0.409 e. The summed E-state index contributed by atoms with van der Waals surface area (Å²) in [5.41, 5.74) is 0. The zero-order chi connectivity index (χ0) is 13.7. The monoisotopic (exact) mass is 256 g/mol. The van der Waals surface area contributed by atoms with Gasteiger partial charge >= 0.3 is 6.09 Å². The van der Waals surface area contributed by atoms with E-state index in [2.05, 4.69) is 19.9 Å². The molecule has 0 N–H and O–H groups in total. The molecule has 102 valence electrons. The lowest BCUT2D eigenvalue weighted by Gasteiger charge is -2.36. The summed E-state index contributed by atoms with van der Waals surface area (Å²) in [5.74, 6) is 0.590. The molecule has 1 saturated heterocycles. The van der Waals surface area contributed by atoms with Gasteiger partial charge in [0.05, 0.1) is 12.0 Å².